The van der Waals surface area contributed by atoms with Gasteiger partial charge in [-0.15, -0.1) is 0 Å². The number of aromatic nitrogens is 4. The standard InChI is InChI=1S/C18H19ClN6O/c1-12-23-16(11-17(24-12)25-9-8-20-13(25)2)21-6-7-22-18(26)14-4-3-5-15(19)10-14/h3-5,8-11H,6-7H2,1-2H3,(H,22,26)(H,21,23,24). The Morgan fingerprint density at radius 1 is 1.19 bits per heavy atom. The molecule has 2 heterocycles. The molecule has 8 heteroatoms. The number of nitrogens with one attached hydrogen (secondary N) is 2. The Labute approximate surface area is 156 Å². The number of hydrogen-bond donors (Lipinski definition) is 2. The van der Waals surface area contributed by atoms with E-state index in [2.05, 4.69) is 25.6 Å². The third-order valence-electron chi connectivity index (χ3n) is 3.70. The summed E-state index contributed by atoms with van der Waals surface area (Å²) in [5.41, 5.74) is 0.535. The van der Waals surface area contributed by atoms with Gasteiger partial charge in [0, 0.05) is 42.1 Å². The molecule has 26 heavy (non-hydrogen) atoms. The molecule has 1 amide bonds. The van der Waals surface area contributed by atoms with Gasteiger partial charge in [-0.25, -0.2) is 15.0 Å². The van der Waals surface area contributed by atoms with Crippen molar-refractivity contribution in [2.24, 2.45) is 0 Å². The van der Waals surface area contributed by atoms with Crippen LogP contribution in [0, 0.1) is 13.8 Å². The molecule has 0 bridgehead atoms. The predicted molar refractivity (Wildman–Crippen MR) is 101 cm³/mol. The molecule has 0 radical (unpaired) electrons. The quantitative estimate of drug-likeness (QED) is 0.652. The number of halogens is 1. The highest BCUT2D eigenvalue weighted by Crippen LogP contribution is 2.13. The largest absolute Gasteiger partial charge is 0.368 e. The Hall–Kier alpha value is -2.93. The molecule has 0 saturated heterocycles. The first-order valence-corrected chi connectivity index (χ1v) is 8.54. The van der Waals surface area contributed by atoms with Crippen molar-refractivity contribution in [3.05, 3.63) is 65.0 Å². The zero-order valence-electron chi connectivity index (χ0n) is 14.5. The highest BCUT2D eigenvalue weighted by Gasteiger charge is 2.07. The molecule has 7 nitrogen and oxygen atoms in total. The van der Waals surface area contributed by atoms with Gasteiger partial charge < -0.3 is 10.6 Å². The molecule has 0 unspecified atom stereocenters. The van der Waals surface area contributed by atoms with Crippen LogP contribution in [0.15, 0.2) is 42.7 Å². The lowest BCUT2D eigenvalue weighted by Crippen LogP contribution is -2.29. The lowest BCUT2D eigenvalue weighted by Gasteiger charge is -2.10. The Bertz CT molecular complexity index is 924. The predicted octanol–water partition coefficient (Wildman–Crippen LogP) is 2.77. The number of amides is 1. The number of imidazole rings is 1. The molecule has 3 rings (SSSR count). The maximum atomic E-state index is 12.1. The Kier molecular flexibility index (Phi) is 5.48. The van der Waals surface area contributed by atoms with Crippen molar-refractivity contribution >= 4 is 23.3 Å². The number of rotatable bonds is 6. The van der Waals surface area contributed by atoms with Crippen molar-refractivity contribution in [2.75, 3.05) is 18.4 Å². The first-order chi connectivity index (χ1) is 12.5. The molecule has 2 N–H and O–H groups in total. The van der Waals surface area contributed by atoms with E-state index in [9.17, 15) is 4.79 Å². The number of carbonyl (C=O) groups excluding carboxylic acids is 1. The summed E-state index contributed by atoms with van der Waals surface area (Å²) in [4.78, 5) is 25.1. The van der Waals surface area contributed by atoms with Gasteiger partial charge in [-0.3, -0.25) is 9.36 Å². The van der Waals surface area contributed by atoms with Gasteiger partial charge in [-0.2, -0.15) is 0 Å². The molecule has 3 aromatic rings. The molecule has 0 aliphatic rings. The summed E-state index contributed by atoms with van der Waals surface area (Å²) in [5, 5.41) is 6.58. The average molecular weight is 371 g/mol. The summed E-state index contributed by atoms with van der Waals surface area (Å²) in [6.45, 7) is 4.73. The van der Waals surface area contributed by atoms with Gasteiger partial charge in [0.1, 0.15) is 23.3 Å². The minimum atomic E-state index is -0.164. The average Bonchev–Trinajstić information content (AvgIpc) is 3.04. The molecule has 0 saturated carbocycles. The number of benzene rings is 1. The molecule has 0 aliphatic carbocycles. The monoisotopic (exact) mass is 370 g/mol. The third-order valence-corrected chi connectivity index (χ3v) is 3.94. The van der Waals surface area contributed by atoms with Crippen LogP contribution in [0.25, 0.3) is 5.82 Å². The van der Waals surface area contributed by atoms with Crippen LogP contribution >= 0.6 is 11.6 Å². The molecule has 0 aliphatic heterocycles. The van der Waals surface area contributed by atoms with Gasteiger partial charge in [0.25, 0.3) is 5.91 Å². The molecular weight excluding hydrogens is 352 g/mol. The van der Waals surface area contributed by atoms with Gasteiger partial charge in [0.05, 0.1) is 0 Å². The molecule has 0 fully saturated rings. The number of carbonyl (C=O) groups is 1. The summed E-state index contributed by atoms with van der Waals surface area (Å²) in [6, 6.07) is 8.69. The SMILES string of the molecule is Cc1nc(NCCNC(=O)c2cccc(Cl)c2)cc(-n2ccnc2C)n1. The van der Waals surface area contributed by atoms with Crippen molar-refractivity contribution in [2.45, 2.75) is 13.8 Å². The topological polar surface area (TPSA) is 84.7 Å². The van der Waals surface area contributed by atoms with Gasteiger partial charge in [0.2, 0.25) is 0 Å². The Morgan fingerprint density at radius 2 is 2.04 bits per heavy atom. The number of nitrogens with zero attached hydrogens (tertiary/aromatic N) is 4. The van der Waals surface area contributed by atoms with E-state index >= 15 is 0 Å². The van der Waals surface area contributed by atoms with Crippen LogP contribution in [-0.4, -0.2) is 38.5 Å². The Balaban J connectivity index is 1.58. The molecule has 1 aromatic carbocycles. The van der Waals surface area contributed by atoms with E-state index in [1.54, 1.807) is 30.5 Å². The van der Waals surface area contributed by atoms with Crippen LogP contribution in [0.5, 0.6) is 0 Å². The molecule has 2 aromatic heterocycles. The fourth-order valence-corrected chi connectivity index (χ4v) is 2.67. The lowest BCUT2D eigenvalue weighted by atomic mass is 10.2. The summed E-state index contributed by atoms with van der Waals surface area (Å²) >= 11 is 5.90. The lowest BCUT2D eigenvalue weighted by molar-refractivity contribution is 0.0955. The first kappa shape index (κ1) is 17.9. The zero-order valence-corrected chi connectivity index (χ0v) is 15.3. The maximum absolute atomic E-state index is 12.1. The summed E-state index contributed by atoms with van der Waals surface area (Å²) in [5.74, 6) is 2.78. The van der Waals surface area contributed by atoms with Gasteiger partial charge in [-0.1, -0.05) is 17.7 Å². The van der Waals surface area contributed by atoms with Crippen molar-refractivity contribution < 1.29 is 4.79 Å². The third kappa shape index (κ3) is 4.37. The van der Waals surface area contributed by atoms with Crippen LogP contribution in [-0.2, 0) is 0 Å². The molecule has 0 spiro atoms. The van der Waals surface area contributed by atoms with E-state index in [1.165, 1.54) is 0 Å². The fraction of sp³-hybridized carbons (Fsp3) is 0.222. The van der Waals surface area contributed by atoms with Crippen LogP contribution in [0.4, 0.5) is 5.82 Å². The maximum Gasteiger partial charge on any atom is 0.251 e. The second-order valence-corrected chi connectivity index (χ2v) is 6.13. The van der Waals surface area contributed by atoms with Crippen molar-refractivity contribution in [1.29, 1.82) is 0 Å². The first-order valence-electron chi connectivity index (χ1n) is 8.16. The van der Waals surface area contributed by atoms with Crippen LogP contribution in [0.3, 0.4) is 0 Å². The number of aryl methyl sites for hydroxylation is 2. The summed E-state index contributed by atoms with van der Waals surface area (Å²) in [6.07, 6.45) is 3.58. The van der Waals surface area contributed by atoms with E-state index in [0.717, 1.165) is 11.6 Å². The highest BCUT2D eigenvalue weighted by molar-refractivity contribution is 6.30. The smallest absolute Gasteiger partial charge is 0.251 e. The van der Waals surface area contributed by atoms with E-state index in [1.807, 2.05) is 30.7 Å². The fourth-order valence-electron chi connectivity index (χ4n) is 2.48. The van der Waals surface area contributed by atoms with E-state index in [4.69, 9.17) is 11.6 Å². The highest BCUT2D eigenvalue weighted by atomic mass is 35.5. The van der Waals surface area contributed by atoms with Crippen molar-refractivity contribution in [3.63, 3.8) is 0 Å². The van der Waals surface area contributed by atoms with Gasteiger partial charge in [0.15, 0.2) is 0 Å². The van der Waals surface area contributed by atoms with E-state index in [0.29, 0.717) is 35.3 Å². The van der Waals surface area contributed by atoms with Crippen LogP contribution in [0.1, 0.15) is 22.0 Å². The van der Waals surface area contributed by atoms with Crippen LogP contribution in [0.2, 0.25) is 5.02 Å². The normalized spacial score (nSPS) is 10.6. The number of anilines is 1. The van der Waals surface area contributed by atoms with Crippen molar-refractivity contribution in [1.82, 2.24) is 24.8 Å². The zero-order chi connectivity index (χ0) is 18.5. The minimum Gasteiger partial charge on any atom is -0.368 e. The summed E-state index contributed by atoms with van der Waals surface area (Å²) < 4.78 is 1.89. The second kappa shape index (κ2) is 7.97. The minimum absolute atomic E-state index is 0.164. The molecule has 134 valence electrons. The van der Waals surface area contributed by atoms with Crippen molar-refractivity contribution in [3.8, 4) is 5.82 Å². The van der Waals surface area contributed by atoms with E-state index < -0.39 is 0 Å². The Morgan fingerprint density at radius 3 is 2.77 bits per heavy atom. The number of hydrogen-bond acceptors (Lipinski definition) is 5. The molecular formula is C18H19ClN6O. The van der Waals surface area contributed by atoms with Gasteiger partial charge >= 0.3 is 0 Å². The van der Waals surface area contributed by atoms with E-state index in [-0.39, 0.29) is 5.91 Å². The molecule has 0 atom stereocenters. The second-order valence-electron chi connectivity index (χ2n) is 5.70. The van der Waals surface area contributed by atoms with Crippen LogP contribution < -0.4 is 10.6 Å². The summed E-state index contributed by atoms with van der Waals surface area (Å²) in [7, 11) is 0. The van der Waals surface area contributed by atoms with Gasteiger partial charge in [-0.05, 0) is 32.0 Å².